The normalized spacial score (nSPS) is 23.5. The van der Waals surface area contributed by atoms with Gasteiger partial charge in [-0.15, -0.1) is 0 Å². The van der Waals surface area contributed by atoms with Gasteiger partial charge in [-0.3, -0.25) is 15.1 Å². The van der Waals surface area contributed by atoms with Crippen LogP contribution >= 0.6 is 24.0 Å². The number of pyridine rings is 1. The van der Waals surface area contributed by atoms with Crippen molar-refractivity contribution < 1.29 is 9.95 Å². The van der Waals surface area contributed by atoms with E-state index in [0.717, 1.165) is 9.88 Å². The Kier molecular flexibility index (Phi) is 3.59. The first-order chi connectivity index (χ1) is 8.42. The molecule has 2 heterocycles. The van der Waals surface area contributed by atoms with Gasteiger partial charge in [-0.2, -0.15) is 0 Å². The lowest BCUT2D eigenvalue weighted by atomic mass is 10.1. The molecule has 1 N–H and O–H groups in total. The third-order valence-electron chi connectivity index (χ3n) is 2.84. The van der Waals surface area contributed by atoms with Gasteiger partial charge in [0.25, 0.3) is 6.17 Å². The van der Waals surface area contributed by atoms with E-state index in [1.165, 1.54) is 4.74 Å². The first-order valence-corrected chi connectivity index (χ1v) is 6.82. The molecule has 1 aliphatic rings. The molecule has 0 spiro atoms. The number of hydroxylamine groups is 1. The van der Waals surface area contributed by atoms with Crippen LogP contribution in [0.15, 0.2) is 24.5 Å². The van der Waals surface area contributed by atoms with E-state index in [9.17, 15) is 5.21 Å². The summed E-state index contributed by atoms with van der Waals surface area (Å²) in [6.45, 7) is 4.14. The van der Waals surface area contributed by atoms with Gasteiger partial charge in [0.15, 0.2) is 0 Å². The minimum atomic E-state index is -0.185. The summed E-state index contributed by atoms with van der Waals surface area (Å²) in [7, 11) is 1.90. The Hall–Kier alpha value is -1.14. The van der Waals surface area contributed by atoms with Crippen LogP contribution in [-0.2, 0) is 0 Å². The molecule has 0 amide bonds. The Morgan fingerprint density at radius 1 is 1.61 bits per heavy atom. The van der Waals surface area contributed by atoms with Crippen LogP contribution < -0.4 is 0 Å². The Morgan fingerprint density at radius 3 is 2.83 bits per heavy atom. The molecular formula is C12H16N3OS2+. The maximum Gasteiger partial charge on any atom is 0.292 e. The van der Waals surface area contributed by atoms with Crippen molar-refractivity contribution >= 4 is 34.5 Å². The van der Waals surface area contributed by atoms with E-state index in [2.05, 4.69) is 18.8 Å². The minimum Gasteiger partial charge on any atom is -0.298 e. The van der Waals surface area contributed by atoms with Gasteiger partial charge in [0.05, 0.1) is 5.56 Å². The number of hydrogen-bond donors (Lipinski definition) is 1. The van der Waals surface area contributed by atoms with Crippen LogP contribution in [0.1, 0.15) is 19.4 Å². The molecule has 4 nitrogen and oxygen atoms in total. The van der Waals surface area contributed by atoms with Gasteiger partial charge in [0, 0.05) is 19.4 Å². The minimum absolute atomic E-state index is 0.167. The molecular weight excluding hydrogens is 266 g/mol. The van der Waals surface area contributed by atoms with Crippen molar-refractivity contribution in [3.63, 3.8) is 0 Å². The summed E-state index contributed by atoms with van der Waals surface area (Å²) >= 11 is 6.87. The van der Waals surface area contributed by atoms with E-state index in [1.54, 1.807) is 30.4 Å². The standard InChI is InChI=1S/C12H16N3OS2/c1-12(2)10(14(3)11(17)18-12)15(16)8-9-5-4-6-13-7-9/h4-8,10,16H,1-3H3/q+1. The third kappa shape index (κ3) is 2.49. The highest BCUT2D eigenvalue weighted by Crippen LogP contribution is 2.40. The van der Waals surface area contributed by atoms with Gasteiger partial charge in [-0.05, 0) is 30.7 Å². The number of aromatic nitrogens is 1. The molecule has 96 valence electrons. The van der Waals surface area contributed by atoms with Gasteiger partial charge in [-0.1, -0.05) is 24.0 Å². The quantitative estimate of drug-likeness (QED) is 0.295. The summed E-state index contributed by atoms with van der Waals surface area (Å²) in [4.78, 5) is 5.93. The van der Waals surface area contributed by atoms with Crippen molar-refractivity contribution in [2.24, 2.45) is 0 Å². The highest BCUT2D eigenvalue weighted by Gasteiger charge is 2.51. The second kappa shape index (κ2) is 4.85. The SMILES string of the molecule is CN1C(=S)SC(C)(C)C1[N+](O)=Cc1cccnc1. The summed E-state index contributed by atoms with van der Waals surface area (Å²) in [6.07, 6.45) is 4.90. The zero-order valence-corrected chi connectivity index (χ0v) is 12.2. The average Bonchev–Trinajstić information content (AvgIpc) is 2.49. The number of nitrogens with zero attached hydrogens (tertiary/aromatic N) is 3. The first kappa shape index (κ1) is 13.3. The topological polar surface area (TPSA) is 39.4 Å². The molecule has 0 saturated carbocycles. The fourth-order valence-electron chi connectivity index (χ4n) is 2.09. The van der Waals surface area contributed by atoms with E-state index < -0.39 is 0 Å². The first-order valence-electron chi connectivity index (χ1n) is 5.60. The molecule has 18 heavy (non-hydrogen) atoms. The average molecular weight is 282 g/mol. The Labute approximate surface area is 116 Å². The van der Waals surface area contributed by atoms with Crippen LogP contribution in [0, 0.1) is 0 Å². The number of thioether (sulfide) groups is 1. The summed E-state index contributed by atoms with van der Waals surface area (Å²) in [5.41, 5.74) is 0.854. The number of thiocarbonyl (C=S) groups is 1. The van der Waals surface area contributed by atoms with Gasteiger partial charge in [0.1, 0.15) is 9.07 Å². The van der Waals surface area contributed by atoms with Gasteiger partial charge in [-0.25, -0.2) is 0 Å². The van der Waals surface area contributed by atoms with E-state index in [1.807, 2.05) is 24.1 Å². The molecule has 1 aromatic rings. The monoisotopic (exact) mass is 282 g/mol. The van der Waals surface area contributed by atoms with E-state index in [0.29, 0.717) is 0 Å². The molecule has 1 atom stereocenters. The van der Waals surface area contributed by atoms with Crippen molar-refractivity contribution in [2.45, 2.75) is 24.8 Å². The van der Waals surface area contributed by atoms with Crippen molar-refractivity contribution in [2.75, 3.05) is 7.05 Å². The molecule has 0 aromatic carbocycles. The molecule has 6 heteroatoms. The molecule has 1 unspecified atom stereocenters. The second-order valence-electron chi connectivity index (χ2n) is 4.75. The van der Waals surface area contributed by atoms with Crippen LogP contribution in [0.5, 0.6) is 0 Å². The molecule has 0 aliphatic carbocycles. The summed E-state index contributed by atoms with van der Waals surface area (Å²) in [5, 5.41) is 10.3. The fraction of sp³-hybridized carbons (Fsp3) is 0.417. The number of rotatable bonds is 2. The number of hydrogen-bond acceptors (Lipinski definition) is 4. The third-order valence-corrected chi connectivity index (χ3v) is 4.58. The Balaban J connectivity index is 2.31. The smallest absolute Gasteiger partial charge is 0.292 e. The van der Waals surface area contributed by atoms with E-state index >= 15 is 0 Å². The Morgan fingerprint density at radius 2 is 2.33 bits per heavy atom. The van der Waals surface area contributed by atoms with Crippen molar-refractivity contribution in [1.29, 1.82) is 0 Å². The fourth-order valence-corrected chi connectivity index (χ4v) is 3.90. The highest BCUT2D eigenvalue weighted by molar-refractivity contribution is 8.24. The van der Waals surface area contributed by atoms with E-state index in [4.69, 9.17) is 12.2 Å². The predicted octanol–water partition coefficient (Wildman–Crippen LogP) is 1.97. The molecule has 1 aromatic heterocycles. The van der Waals surface area contributed by atoms with Crippen molar-refractivity contribution in [3.05, 3.63) is 30.1 Å². The lowest BCUT2D eigenvalue weighted by molar-refractivity contribution is -0.808. The van der Waals surface area contributed by atoms with Gasteiger partial charge >= 0.3 is 0 Å². The van der Waals surface area contributed by atoms with Crippen LogP contribution in [0.3, 0.4) is 0 Å². The van der Waals surface area contributed by atoms with Crippen LogP contribution in [-0.4, -0.2) is 48.3 Å². The van der Waals surface area contributed by atoms with Crippen molar-refractivity contribution in [1.82, 2.24) is 9.88 Å². The highest BCUT2D eigenvalue weighted by atomic mass is 32.2. The van der Waals surface area contributed by atoms with Crippen molar-refractivity contribution in [3.8, 4) is 0 Å². The zero-order valence-electron chi connectivity index (χ0n) is 10.6. The lowest BCUT2D eigenvalue weighted by Gasteiger charge is -2.21. The summed E-state index contributed by atoms with van der Waals surface area (Å²) in [5.74, 6) is 0. The maximum atomic E-state index is 10.3. The summed E-state index contributed by atoms with van der Waals surface area (Å²) in [6, 6.07) is 3.73. The van der Waals surface area contributed by atoms with Crippen LogP contribution in [0.4, 0.5) is 0 Å². The largest absolute Gasteiger partial charge is 0.298 e. The van der Waals surface area contributed by atoms with Crippen LogP contribution in [0.2, 0.25) is 0 Å². The Bertz CT molecular complexity index is 487. The molecule has 1 fully saturated rings. The molecule has 0 radical (unpaired) electrons. The van der Waals surface area contributed by atoms with Gasteiger partial charge < -0.3 is 0 Å². The lowest BCUT2D eigenvalue weighted by Crippen LogP contribution is -2.47. The molecule has 2 rings (SSSR count). The van der Waals surface area contributed by atoms with Gasteiger partial charge in [0.2, 0.25) is 6.21 Å². The predicted molar refractivity (Wildman–Crippen MR) is 77.3 cm³/mol. The van der Waals surface area contributed by atoms with Crippen LogP contribution in [0.25, 0.3) is 0 Å². The zero-order chi connectivity index (χ0) is 13.3. The van der Waals surface area contributed by atoms with E-state index in [-0.39, 0.29) is 10.9 Å². The second-order valence-corrected chi connectivity index (χ2v) is 7.04. The maximum absolute atomic E-state index is 10.3. The molecule has 0 bridgehead atoms. The molecule has 1 aliphatic heterocycles. The summed E-state index contributed by atoms with van der Waals surface area (Å²) < 4.78 is 1.84. The molecule has 1 saturated heterocycles.